The molecule has 1 aliphatic heterocycles. The zero-order valence-electron chi connectivity index (χ0n) is 26.7. The van der Waals surface area contributed by atoms with Crippen LogP contribution in [0.1, 0.15) is 60.5 Å². The van der Waals surface area contributed by atoms with Crippen molar-refractivity contribution in [2.45, 2.75) is 39.3 Å². The molecule has 6 nitrogen and oxygen atoms in total. The Balaban J connectivity index is 1.55. The highest BCUT2D eigenvalue weighted by Crippen LogP contribution is 2.36. The lowest BCUT2D eigenvalue weighted by atomic mass is 9.91. The molecule has 49 heavy (non-hydrogen) atoms. The second kappa shape index (κ2) is 15.3. The van der Waals surface area contributed by atoms with E-state index in [2.05, 4.69) is 52.4 Å². The Labute approximate surface area is 320 Å². The van der Waals surface area contributed by atoms with Crippen LogP contribution >= 0.6 is 73.1 Å². The van der Waals surface area contributed by atoms with E-state index in [1.54, 1.807) is 23.6 Å². The number of carbonyl (C=O) groups excluding carboxylic acids is 1. The normalized spacial score (nSPS) is 14.5. The lowest BCUT2D eigenvalue weighted by molar-refractivity contribution is -0.138. The van der Waals surface area contributed by atoms with Gasteiger partial charge in [0.1, 0.15) is 12.4 Å². The average Bonchev–Trinajstić information content (AvgIpc) is 3.39. The number of thiazole rings is 1. The number of aromatic nitrogens is 1. The van der Waals surface area contributed by atoms with Gasteiger partial charge in [-0.2, -0.15) is 0 Å². The Morgan fingerprint density at radius 3 is 2.45 bits per heavy atom. The summed E-state index contributed by atoms with van der Waals surface area (Å²) in [7, 11) is 0. The van der Waals surface area contributed by atoms with Crippen LogP contribution in [-0.4, -0.2) is 17.1 Å². The summed E-state index contributed by atoms with van der Waals surface area (Å²) in [6.45, 7) is 6.44. The van der Waals surface area contributed by atoms with Crippen LogP contribution in [0.3, 0.4) is 0 Å². The van der Waals surface area contributed by atoms with Crippen molar-refractivity contribution in [2.24, 2.45) is 4.99 Å². The Morgan fingerprint density at radius 1 is 1.04 bits per heavy atom. The molecule has 0 spiro atoms. The Bertz CT molecular complexity index is 2270. The van der Waals surface area contributed by atoms with Crippen molar-refractivity contribution in [3.63, 3.8) is 0 Å². The summed E-state index contributed by atoms with van der Waals surface area (Å²) in [5.41, 5.74) is 4.76. The summed E-state index contributed by atoms with van der Waals surface area (Å²) in [6, 6.07) is 26.0. The number of benzene rings is 4. The van der Waals surface area contributed by atoms with E-state index in [0.717, 1.165) is 30.3 Å². The van der Waals surface area contributed by atoms with Crippen LogP contribution in [0, 0.1) is 3.57 Å². The second-order valence-electron chi connectivity index (χ2n) is 11.6. The zero-order chi connectivity index (χ0) is 34.8. The van der Waals surface area contributed by atoms with Crippen molar-refractivity contribution in [3.8, 4) is 5.75 Å². The lowest BCUT2D eigenvalue weighted by Gasteiger charge is -2.26. The number of halogens is 4. The van der Waals surface area contributed by atoms with Crippen LogP contribution in [0.2, 0.25) is 10.0 Å². The maximum Gasteiger partial charge on any atom is 0.338 e. The molecule has 2 heterocycles. The summed E-state index contributed by atoms with van der Waals surface area (Å²) in [5.74, 6) is 0.410. The standard InChI is InChI=1S/C38H30BrCl2IN2O4S/c1-4-47-37(46)32-33(24-8-6-5-7-9-24)43-38-44(34(32)25-13-11-23(12-14-25)21(2)3)36(45)31(49-38)18-26-17-27(39)19-30(42)35(26)48-20-22-10-15-28(40)29(41)16-22/h5-19,21,34H,4,20H2,1-3H3/b31-18-/t34-/m0/s1. The van der Waals surface area contributed by atoms with Crippen LogP contribution in [0.5, 0.6) is 5.75 Å². The molecule has 0 saturated carbocycles. The molecule has 0 radical (unpaired) electrons. The third-order valence-electron chi connectivity index (χ3n) is 7.98. The smallest absolute Gasteiger partial charge is 0.338 e. The minimum Gasteiger partial charge on any atom is -0.487 e. The van der Waals surface area contributed by atoms with E-state index in [1.807, 2.05) is 78.9 Å². The number of rotatable bonds is 9. The zero-order valence-corrected chi connectivity index (χ0v) is 32.7. The number of hydrogen-bond donors (Lipinski definition) is 0. The summed E-state index contributed by atoms with van der Waals surface area (Å²) in [4.78, 5) is 33.8. The number of ether oxygens (including phenoxy) is 2. The molecule has 4 aromatic carbocycles. The molecule has 5 aromatic rings. The predicted molar refractivity (Wildman–Crippen MR) is 209 cm³/mol. The van der Waals surface area contributed by atoms with E-state index in [9.17, 15) is 9.59 Å². The van der Waals surface area contributed by atoms with E-state index < -0.39 is 12.0 Å². The molecule has 250 valence electrons. The summed E-state index contributed by atoms with van der Waals surface area (Å²) >= 11 is 19.5. The first-order chi connectivity index (χ1) is 23.5. The fourth-order valence-corrected chi connectivity index (χ4v) is 8.60. The minimum absolute atomic E-state index is 0.181. The summed E-state index contributed by atoms with van der Waals surface area (Å²) in [5, 5.41) is 0.912. The molecule has 0 aliphatic carbocycles. The molecule has 1 atom stereocenters. The van der Waals surface area contributed by atoms with Crippen molar-refractivity contribution < 1.29 is 14.3 Å². The lowest BCUT2D eigenvalue weighted by Crippen LogP contribution is -2.40. The number of carbonyl (C=O) groups is 1. The van der Waals surface area contributed by atoms with Crippen molar-refractivity contribution in [2.75, 3.05) is 6.61 Å². The van der Waals surface area contributed by atoms with Gasteiger partial charge in [0.05, 0.1) is 42.1 Å². The number of nitrogens with zero attached hydrogens (tertiary/aromatic N) is 2. The van der Waals surface area contributed by atoms with E-state index in [1.165, 1.54) is 11.3 Å². The molecule has 1 aliphatic rings. The molecule has 0 fully saturated rings. The number of fused-ring (bicyclic) bond motifs is 1. The molecule has 0 bridgehead atoms. The van der Waals surface area contributed by atoms with Crippen molar-refractivity contribution in [3.05, 3.63) is 156 Å². The highest BCUT2D eigenvalue weighted by atomic mass is 127. The van der Waals surface area contributed by atoms with Gasteiger partial charge >= 0.3 is 5.97 Å². The van der Waals surface area contributed by atoms with Crippen molar-refractivity contribution in [1.29, 1.82) is 0 Å². The number of hydrogen-bond acceptors (Lipinski definition) is 6. The fraction of sp³-hybridized carbons (Fsp3) is 0.184. The van der Waals surface area contributed by atoms with Gasteiger partial charge in [0.15, 0.2) is 4.80 Å². The van der Waals surface area contributed by atoms with E-state index in [0.29, 0.717) is 47.9 Å². The average molecular weight is 888 g/mol. The maximum atomic E-state index is 14.5. The third kappa shape index (κ3) is 7.61. The Kier molecular flexibility index (Phi) is 11.2. The molecule has 0 unspecified atom stereocenters. The molecule has 6 rings (SSSR count). The van der Waals surface area contributed by atoms with Gasteiger partial charge in [-0.1, -0.05) is 125 Å². The topological polar surface area (TPSA) is 69.9 Å². The molecular weight excluding hydrogens is 858 g/mol. The van der Waals surface area contributed by atoms with Gasteiger partial charge in [-0.3, -0.25) is 9.36 Å². The van der Waals surface area contributed by atoms with Crippen LogP contribution in [0.15, 0.2) is 105 Å². The maximum absolute atomic E-state index is 14.5. The van der Waals surface area contributed by atoms with Gasteiger partial charge in [-0.25, -0.2) is 9.79 Å². The van der Waals surface area contributed by atoms with Gasteiger partial charge in [-0.05, 0) is 82.5 Å². The molecule has 11 heteroatoms. The Morgan fingerprint density at radius 2 is 1.78 bits per heavy atom. The fourth-order valence-electron chi connectivity index (χ4n) is 5.58. The minimum atomic E-state index is -0.762. The van der Waals surface area contributed by atoms with Gasteiger partial charge in [0, 0.05) is 15.6 Å². The van der Waals surface area contributed by atoms with E-state index >= 15 is 0 Å². The van der Waals surface area contributed by atoms with Gasteiger partial charge in [0.25, 0.3) is 5.56 Å². The molecule has 0 N–H and O–H groups in total. The van der Waals surface area contributed by atoms with Crippen molar-refractivity contribution in [1.82, 2.24) is 4.57 Å². The predicted octanol–water partition coefficient (Wildman–Crippen LogP) is 9.31. The molecule has 0 amide bonds. The highest BCUT2D eigenvalue weighted by Gasteiger charge is 2.35. The largest absolute Gasteiger partial charge is 0.487 e. The summed E-state index contributed by atoms with van der Waals surface area (Å²) < 4.78 is 15.7. The van der Waals surface area contributed by atoms with Gasteiger partial charge in [-0.15, -0.1) is 0 Å². The van der Waals surface area contributed by atoms with Crippen LogP contribution in [0.4, 0.5) is 0 Å². The first-order valence-corrected chi connectivity index (χ1v) is 18.9. The molecule has 1 aromatic heterocycles. The summed E-state index contributed by atoms with van der Waals surface area (Å²) in [6.07, 6.45) is 1.82. The van der Waals surface area contributed by atoms with Crippen LogP contribution in [-0.2, 0) is 16.1 Å². The van der Waals surface area contributed by atoms with E-state index in [4.69, 9.17) is 37.7 Å². The van der Waals surface area contributed by atoms with E-state index in [-0.39, 0.29) is 18.8 Å². The van der Waals surface area contributed by atoms with Crippen LogP contribution in [0.25, 0.3) is 11.8 Å². The van der Waals surface area contributed by atoms with Crippen molar-refractivity contribution >= 4 is 90.8 Å². The first kappa shape index (κ1) is 35.6. The molecule has 0 saturated heterocycles. The highest BCUT2D eigenvalue weighted by molar-refractivity contribution is 14.1. The van der Waals surface area contributed by atoms with Gasteiger partial charge < -0.3 is 9.47 Å². The SMILES string of the molecule is CCOC(=O)C1=C(c2ccccc2)N=c2s/c(=C\c3cc(Br)cc(I)c3OCc3ccc(Cl)c(Cl)c3)c(=O)n2[C@H]1c1ccc(C(C)C)cc1. The van der Waals surface area contributed by atoms with Gasteiger partial charge in [0.2, 0.25) is 0 Å². The Hall–Kier alpha value is -3.22. The third-order valence-corrected chi connectivity index (χ3v) is 11.0. The quantitative estimate of drug-likeness (QED) is 0.109. The monoisotopic (exact) mass is 886 g/mol. The first-order valence-electron chi connectivity index (χ1n) is 15.5. The van der Waals surface area contributed by atoms with Crippen LogP contribution < -0.4 is 19.6 Å². The number of esters is 1. The second-order valence-corrected chi connectivity index (χ2v) is 15.5. The molecular formula is C38H30BrCl2IN2O4S.